The molecule has 0 aliphatic rings. The molecule has 0 aliphatic carbocycles. The first kappa shape index (κ1) is 21.9. The molecule has 0 heterocycles. The summed E-state index contributed by atoms with van der Waals surface area (Å²) in [6.07, 6.45) is 0.930. The zero-order valence-electron chi connectivity index (χ0n) is 14.3. The van der Waals surface area contributed by atoms with Gasteiger partial charge in [-0.3, -0.25) is 9.59 Å². The molecule has 0 unspecified atom stereocenters. The van der Waals surface area contributed by atoms with Gasteiger partial charge in [0.25, 0.3) is 0 Å². The predicted octanol–water partition coefficient (Wildman–Crippen LogP) is 4.44. The number of carbonyl (C=O) groups is 2. The molecular formula is C17H19F5O4. The first-order chi connectivity index (χ1) is 12.1. The molecule has 1 aromatic rings. The van der Waals surface area contributed by atoms with Gasteiger partial charge in [0, 0.05) is 12.8 Å². The second-order valence-electron chi connectivity index (χ2n) is 5.98. The largest absolute Gasteiger partial charge is 0.466 e. The molecular weight excluding hydrogens is 363 g/mol. The van der Waals surface area contributed by atoms with Crippen molar-refractivity contribution in [1.82, 2.24) is 0 Å². The minimum atomic E-state index is -2.35. The van der Waals surface area contributed by atoms with E-state index in [-0.39, 0.29) is 19.4 Å². The summed E-state index contributed by atoms with van der Waals surface area (Å²) >= 11 is 0. The van der Waals surface area contributed by atoms with Crippen molar-refractivity contribution in [2.45, 2.75) is 46.0 Å². The fourth-order valence-corrected chi connectivity index (χ4v) is 1.97. The van der Waals surface area contributed by atoms with Gasteiger partial charge in [0.05, 0.1) is 6.61 Å². The van der Waals surface area contributed by atoms with Crippen LogP contribution in [0.15, 0.2) is 0 Å². The highest BCUT2D eigenvalue weighted by molar-refractivity contribution is 5.74. The van der Waals surface area contributed by atoms with Crippen LogP contribution in [0, 0.1) is 35.0 Å². The second-order valence-corrected chi connectivity index (χ2v) is 5.98. The van der Waals surface area contributed by atoms with Crippen LogP contribution in [0.5, 0.6) is 5.75 Å². The van der Waals surface area contributed by atoms with E-state index in [2.05, 4.69) is 4.74 Å². The van der Waals surface area contributed by atoms with Gasteiger partial charge in [-0.1, -0.05) is 13.8 Å². The van der Waals surface area contributed by atoms with Crippen LogP contribution >= 0.6 is 0 Å². The van der Waals surface area contributed by atoms with Crippen molar-refractivity contribution in [2.24, 2.45) is 5.92 Å². The summed E-state index contributed by atoms with van der Waals surface area (Å²) in [5.74, 6) is -14.2. The summed E-state index contributed by atoms with van der Waals surface area (Å²) in [6.45, 7) is 4.29. The summed E-state index contributed by atoms with van der Waals surface area (Å²) in [4.78, 5) is 22.9. The van der Waals surface area contributed by atoms with Crippen molar-refractivity contribution < 1.29 is 41.0 Å². The molecule has 0 N–H and O–H groups in total. The number of rotatable bonds is 9. The van der Waals surface area contributed by atoms with Crippen LogP contribution in [0.3, 0.4) is 0 Å². The van der Waals surface area contributed by atoms with Gasteiger partial charge >= 0.3 is 11.9 Å². The first-order valence-electron chi connectivity index (χ1n) is 8.02. The highest BCUT2D eigenvalue weighted by Gasteiger charge is 2.28. The average molecular weight is 382 g/mol. The molecule has 0 bridgehead atoms. The zero-order chi connectivity index (χ0) is 19.9. The Labute approximate surface area is 147 Å². The van der Waals surface area contributed by atoms with Crippen LogP contribution in [-0.4, -0.2) is 18.5 Å². The Kier molecular flexibility index (Phi) is 8.47. The van der Waals surface area contributed by atoms with E-state index in [1.807, 2.05) is 13.8 Å². The van der Waals surface area contributed by atoms with Crippen LogP contribution in [0.1, 0.15) is 46.0 Å². The molecule has 0 aromatic heterocycles. The Hall–Kier alpha value is -2.19. The Morgan fingerprint density at radius 2 is 1.31 bits per heavy atom. The molecule has 9 heteroatoms. The maximum Gasteiger partial charge on any atom is 0.311 e. The fourth-order valence-electron chi connectivity index (χ4n) is 1.97. The van der Waals surface area contributed by atoms with Crippen LogP contribution in [0.4, 0.5) is 22.0 Å². The number of esters is 2. The number of carbonyl (C=O) groups excluding carboxylic acids is 2. The Bertz CT molecular complexity index is 632. The van der Waals surface area contributed by atoms with E-state index in [1.54, 1.807) is 0 Å². The maximum atomic E-state index is 13.4. The van der Waals surface area contributed by atoms with Crippen LogP contribution < -0.4 is 4.74 Å². The number of halogens is 5. The molecule has 0 amide bonds. The molecule has 26 heavy (non-hydrogen) atoms. The van der Waals surface area contributed by atoms with Crippen molar-refractivity contribution in [1.29, 1.82) is 0 Å². The van der Waals surface area contributed by atoms with Crippen molar-refractivity contribution >= 4 is 11.9 Å². The third kappa shape index (κ3) is 6.27. The monoisotopic (exact) mass is 382 g/mol. The Morgan fingerprint density at radius 3 is 1.85 bits per heavy atom. The smallest absolute Gasteiger partial charge is 0.311 e. The van der Waals surface area contributed by atoms with E-state index in [0.717, 1.165) is 6.42 Å². The first-order valence-corrected chi connectivity index (χ1v) is 8.02. The van der Waals surface area contributed by atoms with Crippen molar-refractivity contribution in [3.8, 4) is 5.75 Å². The summed E-state index contributed by atoms with van der Waals surface area (Å²) in [5.41, 5.74) is 0. The van der Waals surface area contributed by atoms with E-state index in [9.17, 15) is 31.5 Å². The number of hydrogen-bond acceptors (Lipinski definition) is 4. The quantitative estimate of drug-likeness (QED) is 0.158. The topological polar surface area (TPSA) is 52.6 Å². The molecule has 1 rings (SSSR count). The summed E-state index contributed by atoms with van der Waals surface area (Å²) in [6, 6.07) is 0. The lowest BCUT2D eigenvalue weighted by atomic mass is 10.1. The zero-order valence-corrected chi connectivity index (χ0v) is 14.3. The number of ether oxygens (including phenoxy) is 2. The SMILES string of the molecule is CC(C)CCCOC(=O)CCCC(=O)Oc1c(F)c(F)c(F)c(F)c1F. The maximum absolute atomic E-state index is 13.4. The Morgan fingerprint density at radius 1 is 0.808 bits per heavy atom. The third-order valence-corrected chi connectivity index (χ3v) is 3.34. The van der Waals surface area contributed by atoms with Crippen LogP contribution in [-0.2, 0) is 14.3 Å². The highest BCUT2D eigenvalue weighted by Crippen LogP contribution is 2.29. The molecule has 0 saturated carbocycles. The second kappa shape index (κ2) is 10.1. The van der Waals surface area contributed by atoms with Gasteiger partial charge in [-0.15, -0.1) is 0 Å². The predicted molar refractivity (Wildman–Crippen MR) is 80.7 cm³/mol. The number of hydrogen-bond donors (Lipinski definition) is 0. The summed E-state index contributed by atoms with van der Waals surface area (Å²) < 4.78 is 74.7. The lowest BCUT2D eigenvalue weighted by Crippen LogP contribution is -2.14. The van der Waals surface area contributed by atoms with Gasteiger partial charge in [0.15, 0.2) is 0 Å². The van der Waals surface area contributed by atoms with Gasteiger partial charge in [-0.2, -0.15) is 8.78 Å². The van der Waals surface area contributed by atoms with Crippen LogP contribution in [0.25, 0.3) is 0 Å². The number of benzene rings is 1. The molecule has 0 radical (unpaired) electrons. The van der Waals surface area contributed by atoms with E-state index in [0.29, 0.717) is 12.3 Å². The summed E-state index contributed by atoms with van der Waals surface area (Å²) in [5, 5.41) is 0. The van der Waals surface area contributed by atoms with Gasteiger partial charge in [0.2, 0.25) is 34.8 Å². The van der Waals surface area contributed by atoms with E-state index >= 15 is 0 Å². The minimum absolute atomic E-state index is 0.0583. The summed E-state index contributed by atoms with van der Waals surface area (Å²) in [7, 11) is 0. The molecule has 0 aliphatic heterocycles. The molecule has 0 saturated heterocycles. The van der Waals surface area contributed by atoms with E-state index in [4.69, 9.17) is 4.74 Å². The lowest BCUT2D eigenvalue weighted by molar-refractivity contribution is -0.144. The molecule has 0 spiro atoms. The van der Waals surface area contributed by atoms with Crippen LogP contribution in [0.2, 0.25) is 0 Å². The Balaban J connectivity index is 2.45. The van der Waals surface area contributed by atoms with Gasteiger partial charge < -0.3 is 9.47 Å². The molecule has 0 atom stereocenters. The highest BCUT2D eigenvalue weighted by atomic mass is 19.2. The molecule has 0 fully saturated rings. The standard InChI is InChI=1S/C17H19F5O4/c1-9(2)5-4-8-25-10(23)6-3-7-11(24)26-17-15(21)13(19)12(18)14(20)16(17)22/h9H,3-8H2,1-2H3. The van der Waals surface area contributed by atoms with Gasteiger partial charge in [0.1, 0.15) is 0 Å². The molecule has 146 valence electrons. The van der Waals surface area contributed by atoms with Crippen molar-refractivity contribution in [3.05, 3.63) is 29.1 Å². The normalized spacial score (nSPS) is 10.9. The lowest BCUT2D eigenvalue weighted by Gasteiger charge is -2.09. The fraction of sp³-hybridized carbons (Fsp3) is 0.529. The van der Waals surface area contributed by atoms with Crippen molar-refractivity contribution in [3.63, 3.8) is 0 Å². The third-order valence-electron chi connectivity index (χ3n) is 3.34. The van der Waals surface area contributed by atoms with E-state index in [1.165, 1.54) is 0 Å². The van der Waals surface area contributed by atoms with Crippen molar-refractivity contribution in [2.75, 3.05) is 6.61 Å². The molecule has 4 nitrogen and oxygen atoms in total. The average Bonchev–Trinajstić information content (AvgIpc) is 2.59. The van der Waals surface area contributed by atoms with E-state index < -0.39 is 53.2 Å². The molecule has 1 aromatic carbocycles. The minimum Gasteiger partial charge on any atom is -0.466 e. The van der Waals surface area contributed by atoms with Gasteiger partial charge in [-0.05, 0) is 25.2 Å². The van der Waals surface area contributed by atoms with Gasteiger partial charge in [-0.25, -0.2) is 13.2 Å².